The van der Waals surface area contributed by atoms with Crippen molar-refractivity contribution in [3.05, 3.63) is 50.4 Å². The van der Waals surface area contributed by atoms with Gasteiger partial charge in [0, 0.05) is 27.3 Å². The number of halogens is 2. The third kappa shape index (κ3) is 3.35. The normalized spacial score (nSPS) is 12.5. The fraction of sp³-hybridized carbons (Fsp3) is 0.286. The first-order valence-corrected chi connectivity index (χ1v) is 7.57. The molecule has 0 spiro atoms. The maximum absolute atomic E-state index is 14.0. The first-order valence-electron chi connectivity index (χ1n) is 5.89. The Morgan fingerprint density at radius 2 is 2.21 bits per heavy atom. The highest BCUT2D eigenvalue weighted by atomic mass is 79.9. The van der Waals surface area contributed by atoms with Gasteiger partial charge in [-0.3, -0.25) is 0 Å². The molecule has 1 unspecified atom stereocenters. The van der Waals surface area contributed by atoms with Gasteiger partial charge in [0.1, 0.15) is 5.82 Å². The highest BCUT2D eigenvalue weighted by molar-refractivity contribution is 9.10. The fourth-order valence-electron chi connectivity index (χ4n) is 2.02. The second-order valence-corrected chi connectivity index (χ2v) is 6.35. The number of benzene rings is 1. The van der Waals surface area contributed by atoms with Crippen LogP contribution in [-0.2, 0) is 6.54 Å². The van der Waals surface area contributed by atoms with E-state index in [0.717, 1.165) is 9.35 Å². The second-order valence-electron chi connectivity index (χ2n) is 4.44. The van der Waals surface area contributed by atoms with E-state index in [1.54, 1.807) is 30.4 Å². The predicted octanol–water partition coefficient (Wildman–Crippen LogP) is 4.34. The van der Waals surface area contributed by atoms with Crippen molar-refractivity contribution in [3.8, 4) is 0 Å². The summed E-state index contributed by atoms with van der Waals surface area (Å²) in [5.74, 6) is -0.309. The molecule has 2 rings (SSSR count). The minimum Gasteiger partial charge on any atom is -0.389 e. The Hall–Kier alpha value is -0.910. The summed E-state index contributed by atoms with van der Waals surface area (Å²) in [7, 11) is 1.83. The molecule has 0 aliphatic carbocycles. The summed E-state index contributed by atoms with van der Waals surface area (Å²) in [6.45, 7) is 2.25. The molecule has 2 nitrogen and oxygen atoms in total. The van der Waals surface area contributed by atoms with Gasteiger partial charge in [-0.15, -0.1) is 11.3 Å². The number of thiophene rings is 1. The zero-order valence-corrected chi connectivity index (χ0v) is 13.1. The Morgan fingerprint density at radius 1 is 1.47 bits per heavy atom. The number of aliphatic hydroxyl groups is 1. The van der Waals surface area contributed by atoms with Crippen LogP contribution in [0.5, 0.6) is 0 Å². The molecule has 0 bridgehead atoms. The quantitative estimate of drug-likeness (QED) is 0.892. The van der Waals surface area contributed by atoms with Gasteiger partial charge in [-0.2, -0.15) is 0 Å². The number of rotatable bonds is 4. The van der Waals surface area contributed by atoms with Gasteiger partial charge >= 0.3 is 0 Å². The van der Waals surface area contributed by atoms with E-state index in [4.69, 9.17) is 0 Å². The minimum atomic E-state index is -0.691. The Morgan fingerprint density at radius 3 is 2.79 bits per heavy atom. The number of anilines is 1. The van der Waals surface area contributed by atoms with E-state index >= 15 is 0 Å². The van der Waals surface area contributed by atoms with Gasteiger partial charge in [-0.1, -0.05) is 12.1 Å². The zero-order chi connectivity index (χ0) is 14.0. The summed E-state index contributed by atoms with van der Waals surface area (Å²) < 4.78 is 15.0. The molecule has 0 fully saturated rings. The predicted molar refractivity (Wildman–Crippen MR) is 81.2 cm³/mol. The van der Waals surface area contributed by atoms with Gasteiger partial charge in [-0.25, -0.2) is 4.39 Å². The van der Waals surface area contributed by atoms with Crippen LogP contribution in [0.2, 0.25) is 0 Å². The van der Waals surface area contributed by atoms with E-state index in [9.17, 15) is 9.50 Å². The maximum Gasteiger partial charge on any atom is 0.146 e. The summed E-state index contributed by atoms with van der Waals surface area (Å²) >= 11 is 5.03. The van der Waals surface area contributed by atoms with Crippen molar-refractivity contribution in [2.45, 2.75) is 19.6 Å². The van der Waals surface area contributed by atoms with E-state index < -0.39 is 6.10 Å². The van der Waals surface area contributed by atoms with E-state index in [1.807, 2.05) is 23.4 Å². The smallest absolute Gasteiger partial charge is 0.146 e. The van der Waals surface area contributed by atoms with Gasteiger partial charge in [0.2, 0.25) is 0 Å². The Kier molecular flexibility index (Phi) is 4.60. The number of nitrogens with zero attached hydrogens (tertiary/aromatic N) is 1. The molecule has 0 saturated carbocycles. The van der Waals surface area contributed by atoms with Crippen LogP contribution in [-0.4, -0.2) is 12.2 Å². The van der Waals surface area contributed by atoms with Crippen LogP contribution in [0.3, 0.4) is 0 Å². The molecule has 1 aromatic carbocycles. The molecule has 102 valence electrons. The van der Waals surface area contributed by atoms with Crippen LogP contribution >= 0.6 is 27.3 Å². The highest BCUT2D eigenvalue weighted by Crippen LogP contribution is 2.30. The van der Waals surface area contributed by atoms with E-state index in [0.29, 0.717) is 17.8 Å². The van der Waals surface area contributed by atoms with Crippen LogP contribution in [0.25, 0.3) is 0 Å². The van der Waals surface area contributed by atoms with Crippen molar-refractivity contribution in [1.29, 1.82) is 0 Å². The first kappa shape index (κ1) is 14.5. The van der Waals surface area contributed by atoms with E-state index in [2.05, 4.69) is 15.9 Å². The molecular formula is C14H15BrFNOS. The molecule has 0 saturated heterocycles. The molecule has 5 heteroatoms. The average molecular weight is 344 g/mol. The van der Waals surface area contributed by atoms with Crippen LogP contribution in [0.1, 0.15) is 23.5 Å². The van der Waals surface area contributed by atoms with Crippen LogP contribution < -0.4 is 4.90 Å². The van der Waals surface area contributed by atoms with Gasteiger partial charge in [0.25, 0.3) is 0 Å². The molecule has 2 aromatic rings. The molecule has 1 atom stereocenters. The Balaban J connectivity index is 2.30. The van der Waals surface area contributed by atoms with Crippen LogP contribution in [0, 0.1) is 5.82 Å². The summed E-state index contributed by atoms with van der Waals surface area (Å²) in [5.41, 5.74) is 1.07. The van der Waals surface area contributed by atoms with Gasteiger partial charge in [-0.05, 0) is 35.0 Å². The first-order chi connectivity index (χ1) is 8.99. The average Bonchev–Trinajstić information content (AvgIpc) is 2.74. The summed E-state index contributed by atoms with van der Waals surface area (Å²) in [6.07, 6.45) is -0.691. The largest absolute Gasteiger partial charge is 0.389 e. The maximum atomic E-state index is 14.0. The number of para-hydroxylation sites is 1. The fourth-order valence-corrected chi connectivity index (χ4v) is 3.52. The van der Waals surface area contributed by atoms with Crippen molar-refractivity contribution in [2.24, 2.45) is 0 Å². The molecule has 0 amide bonds. The highest BCUT2D eigenvalue weighted by Gasteiger charge is 2.16. The van der Waals surface area contributed by atoms with Crippen LogP contribution in [0.15, 0.2) is 34.1 Å². The Labute approximate surface area is 124 Å². The minimum absolute atomic E-state index is 0.309. The molecule has 1 heterocycles. The zero-order valence-electron chi connectivity index (χ0n) is 10.7. The van der Waals surface area contributed by atoms with E-state index in [1.165, 1.54) is 6.07 Å². The molecule has 0 radical (unpaired) electrons. The molecule has 1 aromatic heterocycles. The third-order valence-electron chi connectivity index (χ3n) is 2.86. The van der Waals surface area contributed by atoms with Crippen molar-refractivity contribution in [1.82, 2.24) is 0 Å². The number of hydrogen-bond donors (Lipinski definition) is 1. The standard InChI is InChI=1S/C14H15BrFNOS/c1-9(18)12-4-3-5-13(16)14(12)17(2)7-11-6-10(15)8-19-11/h3-6,8-9,18H,7H2,1-2H3. The summed E-state index contributed by atoms with van der Waals surface area (Å²) in [5, 5.41) is 11.7. The number of hydrogen-bond acceptors (Lipinski definition) is 3. The topological polar surface area (TPSA) is 23.5 Å². The lowest BCUT2D eigenvalue weighted by Gasteiger charge is -2.23. The van der Waals surface area contributed by atoms with Gasteiger partial charge in [0.15, 0.2) is 0 Å². The van der Waals surface area contributed by atoms with Crippen molar-refractivity contribution >= 4 is 33.0 Å². The van der Waals surface area contributed by atoms with E-state index in [-0.39, 0.29) is 5.82 Å². The van der Waals surface area contributed by atoms with Gasteiger partial charge < -0.3 is 10.0 Å². The van der Waals surface area contributed by atoms with Crippen molar-refractivity contribution in [3.63, 3.8) is 0 Å². The Bertz CT molecular complexity index is 570. The molecule has 0 aliphatic rings. The lowest BCUT2D eigenvalue weighted by atomic mass is 10.1. The van der Waals surface area contributed by atoms with Gasteiger partial charge in [0.05, 0.1) is 18.3 Å². The van der Waals surface area contributed by atoms with Crippen molar-refractivity contribution in [2.75, 3.05) is 11.9 Å². The molecule has 1 N–H and O–H groups in total. The lowest BCUT2D eigenvalue weighted by Crippen LogP contribution is -2.19. The van der Waals surface area contributed by atoms with Crippen molar-refractivity contribution < 1.29 is 9.50 Å². The third-order valence-corrected chi connectivity index (χ3v) is 4.55. The monoisotopic (exact) mass is 343 g/mol. The molecule has 19 heavy (non-hydrogen) atoms. The SMILES string of the molecule is CC(O)c1cccc(F)c1N(C)Cc1cc(Br)cs1. The molecular weight excluding hydrogens is 329 g/mol. The number of aliphatic hydroxyl groups excluding tert-OH is 1. The van der Waals surface area contributed by atoms with Crippen LogP contribution in [0.4, 0.5) is 10.1 Å². The second kappa shape index (κ2) is 6.03. The summed E-state index contributed by atoms with van der Waals surface area (Å²) in [6, 6.07) is 6.81. The molecule has 0 aliphatic heterocycles. The lowest BCUT2D eigenvalue weighted by molar-refractivity contribution is 0.199. The summed E-state index contributed by atoms with van der Waals surface area (Å²) in [4.78, 5) is 2.96.